The van der Waals surface area contributed by atoms with Gasteiger partial charge < -0.3 is 66.6 Å². The van der Waals surface area contributed by atoms with Gasteiger partial charge in [0.05, 0.1) is 25.4 Å². The number of carbonyl (C=O) groups excluding carboxylic acids is 2. The smallest absolute Gasteiger partial charge is 0.251 e. The van der Waals surface area contributed by atoms with E-state index in [1.165, 1.54) is 18.2 Å². The van der Waals surface area contributed by atoms with Crippen molar-refractivity contribution in [1.29, 1.82) is 0 Å². The molecule has 17 heteroatoms. The van der Waals surface area contributed by atoms with E-state index in [2.05, 4.69) is 10.6 Å². The number of benzene rings is 2. The Hall–Kier alpha value is -2.48. The highest BCUT2D eigenvalue weighted by molar-refractivity contribution is 6.35. The van der Waals surface area contributed by atoms with E-state index in [9.17, 15) is 50.4 Å². The molecule has 9 atom stereocenters. The summed E-state index contributed by atoms with van der Waals surface area (Å²) < 4.78 is 0. The predicted octanol–water partition coefficient (Wildman–Crippen LogP) is -3.10. The summed E-state index contributed by atoms with van der Waals surface area (Å²) in [6.07, 6.45) is -14.7. The largest absolute Gasteiger partial charge is 0.394 e. The van der Waals surface area contributed by atoms with E-state index in [4.69, 9.17) is 33.4 Å². The van der Waals surface area contributed by atoms with Crippen LogP contribution in [0.25, 0.3) is 0 Å². The normalized spacial score (nSPS) is 20.2. The van der Waals surface area contributed by atoms with Crippen LogP contribution in [0.2, 0.25) is 10.0 Å². The third-order valence-electron chi connectivity index (χ3n) is 7.97. The lowest BCUT2D eigenvalue weighted by Gasteiger charge is -2.33. The number of carbonyl (C=O) groups is 2. The van der Waals surface area contributed by atoms with E-state index >= 15 is 0 Å². The van der Waals surface area contributed by atoms with Crippen molar-refractivity contribution in [3.63, 3.8) is 0 Å². The average Bonchev–Trinajstić information content (AvgIpc) is 3.06. The molecule has 0 aromatic heterocycles. The van der Waals surface area contributed by atoms with E-state index in [0.29, 0.717) is 28.7 Å². The van der Waals surface area contributed by atoms with Crippen LogP contribution in [0.15, 0.2) is 30.3 Å². The van der Waals surface area contributed by atoms with Crippen LogP contribution in [0, 0.1) is 0 Å². The van der Waals surface area contributed by atoms with Gasteiger partial charge in [-0.25, -0.2) is 0 Å². The molecule has 0 saturated carbocycles. The first kappa shape index (κ1) is 39.0. The number of likely N-dealkylation sites (N-methyl/N-ethyl adjacent to an activating group) is 1. The van der Waals surface area contributed by atoms with Gasteiger partial charge in [-0.1, -0.05) is 23.2 Å². The summed E-state index contributed by atoms with van der Waals surface area (Å²) in [7, 11) is 1.86. The van der Waals surface area contributed by atoms with Crippen molar-refractivity contribution in [2.24, 2.45) is 0 Å². The van der Waals surface area contributed by atoms with Gasteiger partial charge in [-0.3, -0.25) is 9.59 Å². The summed E-state index contributed by atoms with van der Waals surface area (Å²) in [6, 6.07) is 7.57. The highest BCUT2D eigenvalue weighted by Crippen LogP contribution is 2.39. The SMILES string of the molecule is CN1Cc2c(Cl)cc(Cl)cc2C(c2cc(C(=O)NCC(O)C(O)C(O)C(O)CO)cc(C(=O)NCC(O)C(O)C(O)C(O)CO)c2)C1. The maximum absolute atomic E-state index is 13.3. The van der Waals surface area contributed by atoms with Crippen LogP contribution >= 0.6 is 23.2 Å². The summed E-state index contributed by atoms with van der Waals surface area (Å²) in [5.74, 6) is -2.03. The molecule has 3 rings (SSSR count). The fraction of sp³-hybridized carbons (Fsp3) is 0.533. The van der Waals surface area contributed by atoms with Crippen LogP contribution in [0.1, 0.15) is 43.3 Å². The molecule has 1 heterocycles. The molecule has 47 heavy (non-hydrogen) atoms. The molecule has 0 aliphatic carbocycles. The van der Waals surface area contributed by atoms with Gasteiger partial charge in [0.15, 0.2) is 0 Å². The Bertz CT molecular complexity index is 1330. The number of nitrogens with one attached hydrogen (secondary N) is 2. The third-order valence-corrected chi connectivity index (χ3v) is 8.52. The number of fused-ring (bicyclic) bond motifs is 1. The number of halogens is 2. The maximum atomic E-state index is 13.3. The molecule has 2 amide bonds. The van der Waals surface area contributed by atoms with Gasteiger partial charge >= 0.3 is 0 Å². The summed E-state index contributed by atoms with van der Waals surface area (Å²) in [4.78, 5) is 28.6. The first-order valence-electron chi connectivity index (χ1n) is 14.6. The lowest BCUT2D eigenvalue weighted by Crippen LogP contribution is -2.49. The molecule has 0 fully saturated rings. The lowest BCUT2D eigenvalue weighted by atomic mass is 9.83. The zero-order valence-electron chi connectivity index (χ0n) is 25.3. The van der Waals surface area contributed by atoms with E-state index in [1.54, 1.807) is 12.1 Å². The fourth-order valence-electron chi connectivity index (χ4n) is 5.21. The average molecular weight is 707 g/mol. The maximum Gasteiger partial charge on any atom is 0.251 e. The molecule has 12 N–H and O–H groups in total. The topological polar surface area (TPSA) is 264 Å². The number of aliphatic hydroxyl groups excluding tert-OH is 10. The third kappa shape index (κ3) is 9.79. The second kappa shape index (κ2) is 17.3. The van der Waals surface area contributed by atoms with Crippen molar-refractivity contribution in [3.8, 4) is 0 Å². The van der Waals surface area contributed by atoms with Crippen LogP contribution in [0.3, 0.4) is 0 Å². The van der Waals surface area contributed by atoms with Crippen LogP contribution in [0.5, 0.6) is 0 Å². The first-order valence-corrected chi connectivity index (χ1v) is 15.4. The van der Waals surface area contributed by atoms with Gasteiger partial charge in [0.25, 0.3) is 11.8 Å². The van der Waals surface area contributed by atoms with E-state index in [-0.39, 0.29) is 11.1 Å². The van der Waals surface area contributed by atoms with Gasteiger partial charge in [0.1, 0.15) is 36.6 Å². The standard InChI is InChI=1S/C30H41Cl2N3O12/c1-35-9-18(17-5-16(31)6-20(32)19(17)10-35)13-2-14(29(46)33-7-21(38)25(42)27(44)23(40)11-36)4-15(3-13)30(47)34-8-22(39)26(43)28(45)24(41)12-37/h2-6,18,21-28,36-45H,7-12H2,1H3,(H,33,46)(H,34,47). The minimum atomic E-state index is -1.92. The predicted molar refractivity (Wildman–Crippen MR) is 168 cm³/mol. The van der Waals surface area contributed by atoms with Gasteiger partial charge in [0.2, 0.25) is 0 Å². The monoisotopic (exact) mass is 705 g/mol. The van der Waals surface area contributed by atoms with Crippen molar-refractivity contribution in [2.45, 2.75) is 61.3 Å². The highest BCUT2D eigenvalue weighted by atomic mass is 35.5. The number of hydrogen-bond donors (Lipinski definition) is 12. The summed E-state index contributed by atoms with van der Waals surface area (Å²) in [5.41, 5.74) is 1.91. The number of rotatable bonds is 15. The Kier molecular flexibility index (Phi) is 14.3. The van der Waals surface area contributed by atoms with Gasteiger partial charge in [0, 0.05) is 53.3 Å². The molecule has 0 bridgehead atoms. The van der Waals surface area contributed by atoms with E-state index in [1.807, 2.05) is 11.9 Å². The minimum absolute atomic E-state index is 0.0599. The Morgan fingerprint density at radius 2 is 1.19 bits per heavy atom. The van der Waals surface area contributed by atoms with Crippen LogP contribution < -0.4 is 10.6 Å². The van der Waals surface area contributed by atoms with Crippen molar-refractivity contribution in [3.05, 3.63) is 68.2 Å². The molecule has 262 valence electrons. The second-order valence-corrected chi connectivity index (χ2v) is 12.4. The Morgan fingerprint density at radius 1 is 0.745 bits per heavy atom. The van der Waals surface area contributed by atoms with Crippen molar-refractivity contribution >= 4 is 35.0 Å². The minimum Gasteiger partial charge on any atom is -0.394 e. The van der Waals surface area contributed by atoms with Crippen LogP contribution in [0.4, 0.5) is 0 Å². The molecule has 1 aliphatic heterocycles. The Morgan fingerprint density at radius 3 is 1.64 bits per heavy atom. The van der Waals surface area contributed by atoms with Crippen LogP contribution in [-0.4, -0.2) is 157 Å². The Labute approximate surface area is 280 Å². The van der Waals surface area contributed by atoms with E-state index < -0.39 is 92.9 Å². The van der Waals surface area contributed by atoms with Crippen molar-refractivity contribution in [2.75, 3.05) is 39.9 Å². The molecule has 2 aromatic rings. The molecule has 1 aliphatic rings. The van der Waals surface area contributed by atoms with E-state index in [0.717, 1.165) is 11.1 Å². The van der Waals surface area contributed by atoms with Crippen molar-refractivity contribution in [1.82, 2.24) is 15.5 Å². The molecule has 9 unspecified atom stereocenters. The van der Waals surface area contributed by atoms with Crippen LogP contribution in [-0.2, 0) is 6.54 Å². The number of hydrogen-bond acceptors (Lipinski definition) is 13. The summed E-state index contributed by atoms with van der Waals surface area (Å²) >= 11 is 12.8. The summed E-state index contributed by atoms with van der Waals surface area (Å²) in [5, 5.41) is 103. The molecular weight excluding hydrogens is 665 g/mol. The van der Waals surface area contributed by atoms with Gasteiger partial charge in [-0.15, -0.1) is 0 Å². The number of amides is 2. The molecule has 0 spiro atoms. The van der Waals surface area contributed by atoms with Gasteiger partial charge in [-0.05, 0) is 54.1 Å². The number of aliphatic hydroxyl groups is 10. The fourth-order valence-corrected chi connectivity index (χ4v) is 5.78. The van der Waals surface area contributed by atoms with Gasteiger partial charge in [-0.2, -0.15) is 0 Å². The quantitative estimate of drug-likeness (QED) is 0.0877. The first-order chi connectivity index (χ1) is 22.1. The number of nitrogens with zero attached hydrogens (tertiary/aromatic N) is 1. The zero-order valence-corrected chi connectivity index (χ0v) is 26.8. The van der Waals surface area contributed by atoms with Crippen molar-refractivity contribution < 1.29 is 60.7 Å². The Balaban J connectivity index is 1.93. The lowest BCUT2D eigenvalue weighted by molar-refractivity contribution is -0.113. The second-order valence-electron chi connectivity index (χ2n) is 11.6. The zero-order chi connectivity index (χ0) is 35.2. The molecule has 15 nitrogen and oxygen atoms in total. The summed E-state index contributed by atoms with van der Waals surface area (Å²) in [6.45, 7) is -2.01. The molecule has 0 saturated heterocycles. The molecule has 0 radical (unpaired) electrons. The molecular formula is C30H41Cl2N3O12. The molecule has 2 aromatic carbocycles. The highest BCUT2D eigenvalue weighted by Gasteiger charge is 2.33.